The molecule has 4 heteroatoms. The molecule has 0 bridgehead atoms. The number of allylic oxidation sites excluding steroid dienone is 1. The Labute approximate surface area is 149 Å². The highest BCUT2D eigenvalue weighted by atomic mass is 19.1. The van der Waals surface area contributed by atoms with Crippen molar-refractivity contribution < 1.29 is 19.1 Å². The van der Waals surface area contributed by atoms with Gasteiger partial charge in [-0.1, -0.05) is 19.4 Å². The molecule has 1 N–H and O–H groups in total. The number of ketones is 2. The van der Waals surface area contributed by atoms with Crippen molar-refractivity contribution in [3.05, 3.63) is 11.6 Å². The third-order valence-electron chi connectivity index (χ3n) is 8.55. The summed E-state index contributed by atoms with van der Waals surface area (Å²) in [5.74, 6) is 0.629. The molecule has 0 radical (unpaired) electrons. The van der Waals surface area contributed by atoms with Gasteiger partial charge in [-0.05, 0) is 67.8 Å². The molecule has 0 spiro atoms. The van der Waals surface area contributed by atoms with Crippen molar-refractivity contribution in [2.24, 2.45) is 34.5 Å². The smallest absolute Gasteiger partial charge is 0.161 e. The van der Waals surface area contributed by atoms with Gasteiger partial charge in [0.15, 0.2) is 11.6 Å². The number of aliphatic hydroxyl groups excluding tert-OH is 1. The maximum Gasteiger partial charge on any atom is 0.161 e. The van der Waals surface area contributed by atoms with Crippen LogP contribution in [0.5, 0.6) is 0 Å². The van der Waals surface area contributed by atoms with Crippen LogP contribution in [0.25, 0.3) is 0 Å². The number of halogens is 1. The van der Waals surface area contributed by atoms with Gasteiger partial charge in [0.05, 0.1) is 0 Å². The van der Waals surface area contributed by atoms with E-state index in [-0.39, 0.29) is 34.7 Å². The molecule has 0 amide bonds. The lowest BCUT2D eigenvalue weighted by Gasteiger charge is -2.59. The summed E-state index contributed by atoms with van der Waals surface area (Å²) in [6, 6.07) is 0. The lowest BCUT2D eigenvalue weighted by molar-refractivity contribution is -0.141. The fourth-order valence-corrected chi connectivity index (χ4v) is 7.12. The van der Waals surface area contributed by atoms with E-state index in [4.69, 9.17) is 0 Å². The monoisotopic (exact) mass is 348 g/mol. The van der Waals surface area contributed by atoms with Gasteiger partial charge in [-0.3, -0.25) is 9.59 Å². The minimum atomic E-state index is -1.00. The van der Waals surface area contributed by atoms with Gasteiger partial charge in [0.1, 0.15) is 12.8 Å². The van der Waals surface area contributed by atoms with Crippen LogP contribution in [-0.2, 0) is 9.59 Å². The fraction of sp³-hybridized carbons (Fsp3) is 0.810. The van der Waals surface area contributed by atoms with E-state index >= 15 is 4.39 Å². The van der Waals surface area contributed by atoms with Crippen LogP contribution in [0.15, 0.2) is 11.6 Å². The third-order valence-corrected chi connectivity index (χ3v) is 8.55. The zero-order chi connectivity index (χ0) is 18.0. The summed E-state index contributed by atoms with van der Waals surface area (Å²) in [5.41, 5.74) is 0.562. The number of hydrogen-bond acceptors (Lipinski definition) is 3. The summed E-state index contributed by atoms with van der Waals surface area (Å²) in [5, 5.41) is 9.33. The number of alkyl halides is 1. The average Bonchev–Trinajstić information content (AvgIpc) is 2.95. The van der Waals surface area contributed by atoms with Gasteiger partial charge in [0.2, 0.25) is 0 Å². The fourth-order valence-electron chi connectivity index (χ4n) is 7.12. The molecule has 1 unspecified atom stereocenters. The summed E-state index contributed by atoms with van der Waals surface area (Å²) < 4.78 is 15.5. The first kappa shape index (κ1) is 17.4. The number of carbonyl (C=O) groups excluding carboxylic acids is 2. The Bertz CT molecular complexity index is 641. The second-order valence-electron chi connectivity index (χ2n) is 9.29. The highest BCUT2D eigenvalue weighted by Crippen LogP contribution is 2.67. The Balaban J connectivity index is 1.70. The Morgan fingerprint density at radius 1 is 1.24 bits per heavy atom. The Morgan fingerprint density at radius 2 is 2.00 bits per heavy atom. The molecule has 7 atom stereocenters. The van der Waals surface area contributed by atoms with Gasteiger partial charge in [-0.25, -0.2) is 4.39 Å². The average molecular weight is 348 g/mol. The van der Waals surface area contributed by atoms with Gasteiger partial charge >= 0.3 is 0 Å². The largest absolute Gasteiger partial charge is 0.389 e. The zero-order valence-corrected chi connectivity index (χ0v) is 15.3. The van der Waals surface area contributed by atoms with E-state index in [1.54, 1.807) is 0 Å². The number of fused-ring (bicyclic) bond motifs is 5. The van der Waals surface area contributed by atoms with E-state index in [1.165, 1.54) is 5.57 Å². The van der Waals surface area contributed by atoms with E-state index in [0.29, 0.717) is 25.2 Å². The number of carbonyl (C=O) groups is 2. The highest BCUT2D eigenvalue weighted by Gasteiger charge is 2.64. The summed E-state index contributed by atoms with van der Waals surface area (Å²) in [6.07, 6.45) is 6.29. The number of aliphatic hydroxyl groups is 1. The Morgan fingerprint density at radius 3 is 2.72 bits per heavy atom. The SMILES string of the molecule is C[C@]12C(F)C[C@H]3[C@@H](CCC4=CC(=O)CC[C@@]43C)[C@@H]1CC[C@@H]2C(=O)CO. The normalized spacial score (nSPS) is 49.0. The summed E-state index contributed by atoms with van der Waals surface area (Å²) in [6.45, 7) is 3.73. The highest BCUT2D eigenvalue weighted by molar-refractivity contribution is 5.91. The van der Waals surface area contributed by atoms with Crippen molar-refractivity contribution >= 4 is 11.6 Å². The van der Waals surface area contributed by atoms with Crippen LogP contribution in [0.1, 0.15) is 58.8 Å². The first-order chi connectivity index (χ1) is 11.8. The molecule has 138 valence electrons. The van der Waals surface area contributed by atoms with E-state index in [0.717, 1.165) is 25.7 Å². The van der Waals surface area contributed by atoms with Gasteiger partial charge in [-0.15, -0.1) is 0 Å². The minimum absolute atomic E-state index is 0.0540. The molecule has 25 heavy (non-hydrogen) atoms. The van der Waals surface area contributed by atoms with Gasteiger partial charge < -0.3 is 5.11 Å². The topological polar surface area (TPSA) is 54.4 Å². The second kappa shape index (κ2) is 5.73. The van der Waals surface area contributed by atoms with E-state index < -0.39 is 18.2 Å². The minimum Gasteiger partial charge on any atom is -0.389 e. The van der Waals surface area contributed by atoms with Crippen LogP contribution in [0.2, 0.25) is 0 Å². The first-order valence-corrected chi connectivity index (χ1v) is 9.84. The van der Waals surface area contributed by atoms with E-state index in [2.05, 4.69) is 6.92 Å². The predicted molar refractivity (Wildman–Crippen MR) is 92.6 cm³/mol. The molecule has 0 heterocycles. The maximum atomic E-state index is 15.5. The number of rotatable bonds is 2. The van der Waals surface area contributed by atoms with Gasteiger partial charge in [0, 0.05) is 17.8 Å². The van der Waals surface area contributed by atoms with Gasteiger partial charge in [0.25, 0.3) is 0 Å². The number of Topliss-reactive ketones (excluding diaryl/α,β-unsaturated/α-hetero) is 1. The van der Waals surface area contributed by atoms with Crippen LogP contribution < -0.4 is 0 Å². The summed E-state index contributed by atoms with van der Waals surface area (Å²) >= 11 is 0. The van der Waals surface area contributed by atoms with Crippen molar-refractivity contribution in [2.75, 3.05) is 6.61 Å². The second-order valence-corrected chi connectivity index (χ2v) is 9.29. The standard InChI is InChI=1S/C21H29FO3/c1-20-8-7-13(24)9-12(20)3-4-14-15-5-6-16(18(25)11-23)21(15,2)19(22)10-17(14)20/h9,14-17,19,23H,3-8,10-11H2,1-2H3/t14-,15-,16+,17-,19?,20-,21-/m0/s1. The van der Waals surface area contributed by atoms with E-state index in [9.17, 15) is 14.7 Å². The predicted octanol–water partition coefficient (Wildman–Crippen LogP) is 3.64. The Kier molecular flexibility index (Phi) is 3.99. The summed E-state index contributed by atoms with van der Waals surface area (Å²) in [4.78, 5) is 24.1. The molecule has 0 aromatic carbocycles. The Hall–Kier alpha value is -1.03. The third kappa shape index (κ3) is 2.25. The molecular weight excluding hydrogens is 319 g/mol. The molecule has 0 aromatic heterocycles. The van der Waals surface area contributed by atoms with Crippen molar-refractivity contribution in [3.8, 4) is 0 Å². The first-order valence-electron chi connectivity index (χ1n) is 9.84. The van der Waals surface area contributed by atoms with Crippen molar-refractivity contribution in [3.63, 3.8) is 0 Å². The zero-order valence-electron chi connectivity index (χ0n) is 15.3. The molecular formula is C21H29FO3. The molecule has 0 aromatic rings. The van der Waals surface area contributed by atoms with Crippen molar-refractivity contribution in [1.29, 1.82) is 0 Å². The summed E-state index contributed by atoms with van der Waals surface area (Å²) in [7, 11) is 0. The van der Waals surface area contributed by atoms with Crippen LogP contribution in [0.4, 0.5) is 4.39 Å². The number of hydrogen-bond donors (Lipinski definition) is 1. The van der Waals surface area contributed by atoms with Gasteiger partial charge in [-0.2, -0.15) is 0 Å². The van der Waals surface area contributed by atoms with Crippen LogP contribution in [-0.4, -0.2) is 29.5 Å². The molecule has 3 fully saturated rings. The maximum absolute atomic E-state index is 15.5. The molecule has 3 saturated carbocycles. The lowest BCUT2D eigenvalue weighted by Crippen LogP contribution is -2.56. The molecule has 3 nitrogen and oxygen atoms in total. The molecule has 4 aliphatic rings. The molecule has 4 rings (SSSR count). The molecule has 0 aliphatic heterocycles. The molecule has 4 aliphatic carbocycles. The van der Waals surface area contributed by atoms with Crippen LogP contribution >= 0.6 is 0 Å². The lowest BCUT2D eigenvalue weighted by atomic mass is 9.46. The van der Waals surface area contributed by atoms with E-state index in [1.807, 2.05) is 13.0 Å². The van der Waals surface area contributed by atoms with Crippen LogP contribution in [0, 0.1) is 34.5 Å². The van der Waals surface area contributed by atoms with Crippen molar-refractivity contribution in [1.82, 2.24) is 0 Å². The molecule has 0 saturated heterocycles. The van der Waals surface area contributed by atoms with Crippen molar-refractivity contribution in [2.45, 2.75) is 65.0 Å². The van der Waals surface area contributed by atoms with Crippen LogP contribution in [0.3, 0.4) is 0 Å². The quantitative estimate of drug-likeness (QED) is 0.829.